The van der Waals surface area contributed by atoms with Gasteiger partial charge in [-0.3, -0.25) is 4.79 Å². The van der Waals surface area contributed by atoms with Crippen molar-refractivity contribution >= 4 is 16.0 Å². The van der Waals surface area contributed by atoms with Crippen LogP contribution in [-0.4, -0.2) is 19.5 Å². The minimum atomic E-state index is -4.22. The highest BCUT2D eigenvalue weighted by Gasteiger charge is 2.46. The van der Waals surface area contributed by atoms with Gasteiger partial charge in [-0.2, -0.15) is 0 Å². The van der Waals surface area contributed by atoms with Crippen LogP contribution in [0.4, 0.5) is 0 Å². The van der Waals surface area contributed by atoms with E-state index in [2.05, 4.69) is 0 Å². The largest absolute Gasteiger partial charge is 0.480 e. The fourth-order valence-electron chi connectivity index (χ4n) is 1.17. The number of rotatable bonds is 3. The van der Waals surface area contributed by atoms with Crippen molar-refractivity contribution in [1.29, 1.82) is 0 Å². The van der Waals surface area contributed by atoms with E-state index in [-0.39, 0.29) is 5.56 Å². The van der Waals surface area contributed by atoms with Crippen LogP contribution < -0.4 is 5.14 Å². The lowest BCUT2D eigenvalue weighted by atomic mass is 10.0. The lowest BCUT2D eigenvalue weighted by Gasteiger charge is -2.22. The maximum atomic E-state index is 11.3. The molecule has 1 aromatic rings. The highest BCUT2D eigenvalue weighted by Crippen LogP contribution is 2.28. The number of primary sulfonamides is 1. The van der Waals surface area contributed by atoms with Crippen molar-refractivity contribution in [3.8, 4) is 0 Å². The first-order chi connectivity index (χ1) is 6.80. The molecular formula is C9H11NO4S. The Kier molecular flexibility index (Phi) is 2.83. The minimum Gasteiger partial charge on any atom is -0.480 e. The second kappa shape index (κ2) is 3.63. The number of aliphatic carboxylic acids is 1. The third kappa shape index (κ3) is 1.86. The molecule has 0 radical (unpaired) electrons. The predicted molar refractivity (Wildman–Crippen MR) is 54.5 cm³/mol. The molecule has 0 bridgehead atoms. The number of sulfonamides is 1. The first kappa shape index (κ1) is 11.7. The fraction of sp³-hybridized carbons (Fsp3) is 0.222. The number of benzene rings is 1. The second-order valence-corrected chi connectivity index (χ2v) is 5.16. The van der Waals surface area contributed by atoms with Gasteiger partial charge in [-0.05, 0) is 12.5 Å². The molecule has 0 spiro atoms. The van der Waals surface area contributed by atoms with Crippen LogP contribution in [0.2, 0.25) is 0 Å². The number of hydrogen-bond acceptors (Lipinski definition) is 3. The third-order valence-corrected chi connectivity index (χ3v) is 3.85. The number of nitrogens with two attached hydrogens (primary N) is 1. The van der Waals surface area contributed by atoms with E-state index in [1.165, 1.54) is 12.1 Å². The highest BCUT2D eigenvalue weighted by atomic mass is 32.2. The molecule has 1 unspecified atom stereocenters. The maximum absolute atomic E-state index is 11.3. The van der Waals surface area contributed by atoms with E-state index in [0.29, 0.717) is 0 Å². The first-order valence-corrected chi connectivity index (χ1v) is 5.66. The van der Waals surface area contributed by atoms with Crippen molar-refractivity contribution in [3.05, 3.63) is 35.9 Å². The molecule has 3 N–H and O–H groups in total. The van der Waals surface area contributed by atoms with Gasteiger partial charge in [0.05, 0.1) is 0 Å². The monoisotopic (exact) mass is 229 g/mol. The topological polar surface area (TPSA) is 97.5 Å². The molecule has 0 amide bonds. The summed E-state index contributed by atoms with van der Waals surface area (Å²) >= 11 is 0. The summed E-state index contributed by atoms with van der Waals surface area (Å²) in [4.78, 5) is 11.0. The molecule has 0 saturated carbocycles. The fourth-order valence-corrected chi connectivity index (χ4v) is 1.87. The summed E-state index contributed by atoms with van der Waals surface area (Å²) in [6.07, 6.45) is 0. The average molecular weight is 229 g/mol. The van der Waals surface area contributed by atoms with Crippen LogP contribution >= 0.6 is 0 Å². The van der Waals surface area contributed by atoms with Crippen molar-refractivity contribution in [2.75, 3.05) is 0 Å². The van der Waals surface area contributed by atoms with E-state index in [1.807, 2.05) is 0 Å². The Hall–Kier alpha value is -1.40. The summed E-state index contributed by atoms with van der Waals surface area (Å²) in [7, 11) is -4.22. The van der Waals surface area contributed by atoms with Gasteiger partial charge in [-0.1, -0.05) is 30.3 Å². The Morgan fingerprint density at radius 2 is 1.80 bits per heavy atom. The second-order valence-electron chi connectivity index (χ2n) is 3.25. The zero-order valence-electron chi connectivity index (χ0n) is 8.04. The van der Waals surface area contributed by atoms with Crippen molar-refractivity contribution in [3.63, 3.8) is 0 Å². The van der Waals surface area contributed by atoms with Crippen molar-refractivity contribution in [1.82, 2.24) is 0 Å². The Labute approximate surface area is 87.6 Å². The molecule has 1 atom stereocenters. The van der Waals surface area contributed by atoms with Gasteiger partial charge in [0, 0.05) is 0 Å². The van der Waals surface area contributed by atoms with Crippen LogP contribution in [0.5, 0.6) is 0 Å². The molecule has 0 saturated heterocycles. The molecule has 0 heterocycles. The van der Waals surface area contributed by atoms with Crippen molar-refractivity contribution < 1.29 is 18.3 Å². The molecular weight excluding hydrogens is 218 g/mol. The van der Waals surface area contributed by atoms with Crippen LogP contribution in [-0.2, 0) is 19.6 Å². The van der Waals surface area contributed by atoms with Crippen LogP contribution in [0, 0.1) is 0 Å². The predicted octanol–water partition coefficient (Wildman–Crippen LogP) is 0.275. The van der Waals surface area contributed by atoms with E-state index in [4.69, 9.17) is 10.2 Å². The Balaban J connectivity index is 3.46. The maximum Gasteiger partial charge on any atom is 0.330 e. The van der Waals surface area contributed by atoms with E-state index in [1.54, 1.807) is 18.2 Å². The molecule has 82 valence electrons. The van der Waals surface area contributed by atoms with Gasteiger partial charge in [0.1, 0.15) is 0 Å². The summed E-state index contributed by atoms with van der Waals surface area (Å²) in [6, 6.07) is 7.61. The molecule has 1 rings (SSSR count). The standard InChI is InChI=1S/C9H11NO4S/c1-9(8(11)12,15(10,13)14)7-5-3-2-4-6-7/h2-6H,1H3,(H,11,12)(H2,10,13,14). The lowest BCUT2D eigenvalue weighted by molar-refractivity contribution is -0.139. The van der Waals surface area contributed by atoms with E-state index in [0.717, 1.165) is 6.92 Å². The Morgan fingerprint density at radius 1 is 1.33 bits per heavy atom. The van der Waals surface area contributed by atoms with Crippen LogP contribution in [0.3, 0.4) is 0 Å². The molecule has 15 heavy (non-hydrogen) atoms. The Morgan fingerprint density at radius 3 is 2.13 bits per heavy atom. The summed E-state index contributed by atoms with van der Waals surface area (Å²) in [5, 5.41) is 13.9. The molecule has 0 aromatic heterocycles. The number of carboxylic acid groups (broad SMARTS) is 1. The number of carboxylic acids is 1. The zero-order valence-corrected chi connectivity index (χ0v) is 8.86. The number of hydrogen-bond donors (Lipinski definition) is 2. The summed E-state index contributed by atoms with van der Waals surface area (Å²) in [5.74, 6) is -1.49. The highest BCUT2D eigenvalue weighted by molar-refractivity contribution is 7.90. The molecule has 0 aliphatic heterocycles. The molecule has 5 nitrogen and oxygen atoms in total. The van der Waals surface area contributed by atoms with E-state index < -0.39 is 20.7 Å². The SMILES string of the molecule is CC(C(=O)O)(c1ccccc1)S(N)(=O)=O. The van der Waals surface area contributed by atoms with Gasteiger partial charge in [0.25, 0.3) is 0 Å². The number of carbonyl (C=O) groups is 1. The third-order valence-electron chi connectivity index (χ3n) is 2.30. The van der Waals surface area contributed by atoms with Gasteiger partial charge in [-0.15, -0.1) is 0 Å². The van der Waals surface area contributed by atoms with Crippen LogP contribution in [0.1, 0.15) is 12.5 Å². The normalized spacial score (nSPS) is 15.6. The minimum absolute atomic E-state index is 0.139. The zero-order chi connectivity index (χ0) is 11.7. The molecule has 0 aliphatic carbocycles. The van der Waals surface area contributed by atoms with E-state index in [9.17, 15) is 13.2 Å². The molecule has 6 heteroatoms. The van der Waals surface area contributed by atoms with Crippen molar-refractivity contribution in [2.24, 2.45) is 5.14 Å². The summed E-state index contributed by atoms with van der Waals surface area (Å²) in [5.41, 5.74) is 0.139. The van der Waals surface area contributed by atoms with Gasteiger partial charge in [0.15, 0.2) is 0 Å². The molecule has 0 aliphatic rings. The molecule has 0 fully saturated rings. The van der Waals surface area contributed by atoms with Crippen LogP contribution in [0.25, 0.3) is 0 Å². The van der Waals surface area contributed by atoms with Crippen LogP contribution in [0.15, 0.2) is 30.3 Å². The summed E-state index contributed by atoms with van der Waals surface area (Å²) in [6.45, 7) is 1.07. The van der Waals surface area contributed by atoms with Gasteiger partial charge < -0.3 is 5.11 Å². The lowest BCUT2D eigenvalue weighted by Crippen LogP contribution is -2.44. The van der Waals surface area contributed by atoms with Crippen molar-refractivity contribution in [2.45, 2.75) is 11.7 Å². The van der Waals surface area contributed by atoms with Gasteiger partial charge in [0.2, 0.25) is 14.8 Å². The first-order valence-electron chi connectivity index (χ1n) is 4.11. The van der Waals surface area contributed by atoms with E-state index >= 15 is 0 Å². The van der Waals surface area contributed by atoms with Gasteiger partial charge >= 0.3 is 5.97 Å². The quantitative estimate of drug-likeness (QED) is 0.777. The smallest absolute Gasteiger partial charge is 0.330 e. The Bertz CT molecular complexity index is 468. The summed E-state index contributed by atoms with van der Waals surface area (Å²) < 4.78 is 20.5. The van der Waals surface area contributed by atoms with Gasteiger partial charge in [-0.25, -0.2) is 13.6 Å². The molecule has 1 aromatic carbocycles. The average Bonchev–Trinajstić information content (AvgIpc) is 2.16.